The van der Waals surface area contributed by atoms with Crippen molar-refractivity contribution >= 4 is 17.5 Å². The van der Waals surface area contributed by atoms with Crippen molar-refractivity contribution in [1.29, 1.82) is 0 Å². The number of piperazine rings is 1. The van der Waals surface area contributed by atoms with Crippen LogP contribution in [0.15, 0.2) is 42.5 Å². The lowest BCUT2D eigenvalue weighted by atomic mass is 10.1. The summed E-state index contributed by atoms with van der Waals surface area (Å²) in [7, 11) is 1.45. The molecular weight excluding hydrogens is 404 g/mol. The van der Waals surface area contributed by atoms with Crippen LogP contribution in [0.25, 0.3) is 0 Å². The molecule has 1 heterocycles. The van der Waals surface area contributed by atoms with Crippen molar-refractivity contribution in [2.24, 2.45) is 5.73 Å². The molecule has 0 bridgehead atoms. The molecule has 2 N–H and O–H groups in total. The third-order valence-corrected chi connectivity index (χ3v) is 4.97. The van der Waals surface area contributed by atoms with Gasteiger partial charge in [-0.05, 0) is 23.8 Å². The Morgan fingerprint density at radius 2 is 1.84 bits per heavy atom. The lowest BCUT2D eigenvalue weighted by molar-refractivity contribution is -0.384. The Morgan fingerprint density at radius 1 is 1.10 bits per heavy atom. The largest absolute Gasteiger partial charge is 0.493 e. The number of primary amides is 1. The SMILES string of the molecule is COc1cc(C(=O)N2CCN(Cc3cccc([N+](=O)[O-])c3)CC2)ccc1OCC(N)=O. The lowest BCUT2D eigenvalue weighted by Crippen LogP contribution is -2.48. The molecule has 164 valence electrons. The number of hydrogen-bond donors (Lipinski definition) is 1. The molecule has 1 aliphatic heterocycles. The maximum absolute atomic E-state index is 12.9. The molecular formula is C21H24N4O6. The third-order valence-electron chi connectivity index (χ3n) is 4.97. The van der Waals surface area contributed by atoms with E-state index < -0.39 is 10.8 Å². The van der Waals surface area contributed by atoms with Crippen molar-refractivity contribution in [3.05, 3.63) is 63.7 Å². The summed E-state index contributed by atoms with van der Waals surface area (Å²) in [6, 6.07) is 11.4. The second kappa shape index (κ2) is 9.90. The molecule has 2 aromatic carbocycles. The van der Waals surface area contributed by atoms with Gasteiger partial charge in [-0.3, -0.25) is 24.6 Å². The van der Waals surface area contributed by atoms with Crippen LogP contribution in [-0.4, -0.2) is 66.4 Å². The average Bonchev–Trinajstić information content (AvgIpc) is 2.77. The zero-order chi connectivity index (χ0) is 22.4. The van der Waals surface area contributed by atoms with E-state index in [-0.39, 0.29) is 18.2 Å². The summed E-state index contributed by atoms with van der Waals surface area (Å²) >= 11 is 0. The van der Waals surface area contributed by atoms with Crippen molar-refractivity contribution < 1.29 is 24.0 Å². The number of hydrogen-bond acceptors (Lipinski definition) is 7. The molecule has 0 radical (unpaired) electrons. The number of nitrogens with zero attached hydrogens (tertiary/aromatic N) is 3. The fourth-order valence-electron chi connectivity index (χ4n) is 3.39. The minimum Gasteiger partial charge on any atom is -0.493 e. The van der Waals surface area contributed by atoms with Crippen molar-refractivity contribution in [2.75, 3.05) is 39.9 Å². The molecule has 31 heavy (non-hydrogen) atoms. The van der Waals surface area contributed by atoms with E-state index >= 15 is 0 Å². The molecule has 0 saturated carbocycles. The van der Waals surface area contributed by atoms with Gasteiger partial charge in [0.1, 0.15) is 0 Å². The van der Waals surface area contributed by atoms with E-state index in [1.807, 2.05) is 6.07 Å². The van der Waals surface area contributed by atoms with E-state index in [4.69, 9.17) is 15.2 Å². The first-order valence-corrected chi connectivity index (χ1v) is 9.71. The Bertz CT molecular complexity index is 972. The number of nitro groups is 1. The fourth-order valence-corrected chi connectivity index (χ4v) is 3.39. The van der Waals surface area contributed by atoms with Crippen LogP contribution in [0.3, 0.4) is 0 Å². The number of carbonyl (C=O) groups excluding carboxylic acids is 2. The number of rotatable bonds is 8. The normalized spacial score (nSPS) is 14.2. The summed E-state index contributed by atoms with van der Waals surface area (Å²) in [5, 5.41) is 10.9. The van der Waals surface area contributed by atoms with Gasteiger partial charge in [-0.2, -0.15) is 0 Å². The maximum Gasteiger partial charge on any atom is 0.269 e. The monoisotopic (exact) mass is 428 g/mol. The van der Waals surface area contributed by atoms with E-state index in [0.717, 1.165) is 5.56 Å². The second-order valence-electron chi connectivity index (χ2n) is 7.12. The fraction of sp³-hybridized carbons (Fsp3) is 0.333. The van der Waals surface area contributed by atoms with Crippen LogP contribution in [-0.2, 0) is 11.3 Å². The number of ether oxygens (including phenoxy) is 2. The number of amides is 2. The molecule has 10 heteroatoms. The van der Waals surface area contributed by atoms with E-state index in [0.29, 0.717) is 49.8 Å². The number of nitrogens with two attached hydrogens (primary N) is 1. The van der Waals surface area contributed by atoms with Gasteiger partial charge in [-0.1, -0.05) is 12.1 Å². The Hall–Kier alpha value is -3.66. The summed E-state index contributed by atoms with van der Waals surface area (Å²) in [4.78, 5) is 38.2. The van der Waals surface area contributed by atoms with Crippen LogP contribution in [0.5, 0.6) is 11.5 Å². The number of non-ortho nitro benzene ring substituents is 1. The summed E-state index contributed by atoms with van der Waals surface area (Å²) in [6.07, 6.45) is 0. The molecule has 0 aliphatic carbocycles. The predicted octanol–water partition coefficient (Wildman–Crippen LogP) is 1.43. The molecule has 3 rings (SSSR count). The van der Waals surface area contributed by atoms with Crippen molar-refractivity contribution in [3.8, 4) is 11.5 Å². The minimum atomic E-state index is -0.606. The van der Waals surface area contributed by atoms with E-state index in [9.17, 15) is 19.7 Å². The number of benzene rings is 2. The summed E-state index contributed by atoms with van der Waals surface area (Å²) in [5.74, 6) is -0.0593. The van der Waals surface area contributed by atoms with E-state index in [1.54, 1.807) is 35.2 Å². The Balaban J connectivity index is 1.59. The van der Waals surface area contributed by atoms with Gasteiger partial charge >= 0.3 is 0 Å². The van der Waals surface area contributed by atoms with E-state index in [2.05, 4.69) is 4.90 Å². The number of nitro benzene ring substituents is 1. The Labute approximate surface area is 179 Å². The maximum atomic E-state index is 12.9. The first-order valence-electron chi connectivity index (χ1n) is 9.71. The minimum absolute atomic E-state index is 0.0727. The zero-order valence-corrected chi connectivity index (χ0v) is 17.2. The summed E-state index contributed by atoms with van der Waals surface area (Å²) < 4.78 is 10.6. The van der Waals surface area contributed by atoms with Gasteiger partial charge in [-0.15, -0.1) is 0 Å². The van der Waals surface area contributed by atoms with Crippen LogP contribution in [0, 0.1) is 10.1 Å². The second-order valence-corrected chi connectivity index (χ2v) is 7.12. The quantitative estimate of drug-likeness (QED) is 0.497. The van der Waals surface area contributed by atoms with Crippen LogP contribution in [0.2, 0.25) is 0 Å². The highest BCUT2D eigenvalue weighted by Gasteiger charge is 2.23. The molecule has 2 aromatic rings. The molecule has 10 nitrogen and oxygen atoms in total. The number of methoxy groups -OCH3 is 1. The first-order chi connectivity index (χ1) is 14.9. The van der Waals surface area contributed by atoms with Crippen molar-refractivity contribution in [1.82, 2.24) is 9.80 Å². The molecule has 1 saturated heterocycles. The standard InChI is InChI=1S/C21H24N4O6/c1-30-19-12-16(5-6-18(19)31-14-20(22)26)21(27)24-9-7-23(8-10-24)13-15-3-2-4-17(11-15)25(28)29/h2-6,11-12H,7-10,13-14H2,1H3,(H2,22,26). The van der Waals surface area contributed by atoms with E-state index in [1.165, 1.54) is 13.2 Å². The van der Waals surface area contributed by atoms with Crippen LogP contribution < -0.4 is 15.2 Å². The Kier molecular flexibility index (Phi) is 7.03. The van der Waals surface area contributed by atoms with Crippen molar-refractivity contribution in [2.45, 2.75) is 6.54 Å². The van der Waals surface area contributed by atoms with Gasteiger partial charge in [-0.25, -0.2) is 0 Å². The Morgan fingerprint density at radius 3 is 2.48 bits per heavy atom. The molecule has 0 unspecified atom stereocenters. The van der Waals surface area contributed by atoms with Gasteiger partial charge in [0, 0.05) is 50.4 Å². The van der Waals surface area contributed by atoms with Gasteiger partial charge in [0.05, 0.1) is 12.0 Å². The van der Waals surface area contributed by atoms with Gasteiger partial charge < -0.3 is 20.1 Å². The molecule has 0 spiro atoms. The zero-order valence-electron chi connectivity index (χ0n) is 17.2. The highest BCUT2D eigenvalue weighted by Crippen LogP contribution is 2.28. The topological polar surface area (TPSA) is 128 Å². The van der Waals surface area contributed by atoms with Gasteiger partial charge in [0.2, 0.25) is 0 Å². The first kappa shape index (κ1) is 22.0. The van der Waals surface area contributed by atoms with Gasteiger partial charge in [0.15, 0.2) is 18.1 Å². The average molecular weight is 428 g/mol. The van der Waals surface area contributed by atoms with Crippen molar-refractivity contribution in [3.63, 3.8) is 0 Å². The molecule has 0 aromatic heterocycles. The molecule has 2 amide bonds. The van der Waals surface area contributed by atoms with Crippen LogP contribution in [0.4, 0.5) is 5.69 Å². The summed E-state index contributed by atoms with van der Waals surface area (Å²) in [5.41, 5.74) is 6.48. The summed E-state index contributed by atoms with van der Waals surface area (Å²) in [6.45, 7) is 2.70. The third kappa shape index (κ3) is 5.70. The molecule has 1 aliphatic rings. The highest BCUT2D eigenvalue weighted by molar-refractivity contribution is 5.95. The lowest BCUT2D eigenvalue weighted by Gasteiger charge is -2.34. The van der Waals surface area contributed by atoms with Crippen LogP contribution in [0.1, 0.15) is 15.9 Å². The number of carbonyl (C=O) groups is 2. The molecule has 1 fully saturated rings. The van der Waals surface area contributed by atoms with Crippen LogP contribution >= 0.6 is 0 Å². The van der Waals surface area contributed by atoms with Gasteiger partial charge in [0.25, 0.3) is 17.5 Å². The highest BCUT2D eigenvalue weighted by atomic mass is 16.6. The predicted molar refractivity (Wildman–Crippen MR) is 112 cm³/mol. The molecule has 0 atom stereocenters. The smallest absolute Gasteiger partial charge is 0.269 e.